The number of benzene rings is 2. The second-order valence-electron chi connectivity index (χ2n) is 7.87. The van der Waals surface area contributed by atoms with Crippen molar-refractivity contribution in [1.82, 2.24) is 4.98 Å². The van der Waals surface area contributed by atoms with Crippen LogP contribution in [-0.2, 0) is 0 Å². The summed E-state index contributed by atoms with van der Waals surface area (Å²) >= 11 is 6.09. The number of anilines is 1. The van der Waals surface area contributed by atoms with Crippen molar-refractivity contribution in [2.45, 2.75) is 26.8 Å². The van der Waals surface area contributed by atoms with E-state index >= 15 is 0 Å². The molecule has 0 saturated heterocycles. The molecule has 0 aliphatic carbocycles. The first kappa shape index (κ1) is 19.5. The number of carbonyl (C=O) groups excluding carboxylic acids is 1. The van der Waals surface area contributed by atoms with Crippen molar-refractivity contribution in [1.29, 1.82) is 0 Å². The zero-order valence-corrected chi connectivity index (χ0v) is 18.0. The van der Waals surface area contributed by atoms with E-state index in [9.17, 15) is 9.59 Å². The van der Waals surface area contributed by atoms with Gasteiger partial charge in [0.05, 0.1) is 17.0 Å². The van der Waals surface area contributed by atoms with Crippen LogP contribution in [0.15, 0.2) is 63.8 Å². The van der Waals surface area contributed by atoms with Gasteiger partial charge in [-0.1, -0.05) is 29.8 Å². The van der Waals surface area contributed by atoms with Crippen molar-refractivity contribution >= 4 is 34.3 Å². The molecule has 2 aromatic heterocycles. The van der Waals surface area contributed by atoms with Crippen LogP contribution >= 0.6 is 11.6 Å². The molecule has 1 atom stereocenters. The third kappa shape index (κ3) is 3.04. The van der Waals surface area contributed by atoms with Gasteiger partial charge in [0, 0.05) is 10.7 Å². The summed E-state index contributed by atoms with van der Waals surface area (Å²) in [5.74, 6) is 0.140. The molecule has 1 amide bonds. The predicted octanol–water partition coefficient (Wildman–Crippen LogP) is 5.52. The molecule has 154 valence electrons. The normalized spacial score (nSPS) is 15.5. The second-order valence-corrected chi connectivity index (χ2v) is 8.31. The molecule has 31 heavy (non-hydrogen) atoms. The lowest BCUT2D eigenvalue weighted by atomic mass is 9.97. The Hall–Kier alpha value is -3.44. The lowest BCUT2D eigenvalue weighted by Crippen LogP contribution is -2.30. The van der Waals surface area contributed by atoms with Crippen LogP contribution in [0.4, 0.5) is 5.82 Å². The Kier molecular flexibility index (Phi) is 4.45. The first-order valence-corrected chi connectivity index (χ1v) is 10.3. The molecular formula is C25H19ClN2O3. The van der Waals surface area contributed by atoms with Crippen molar-refractivity contribution < 1.29 is 9.21 Å². The summed E-state index contributed by atoms with van der Waals surface area (Å²) in [5.41, 5.74) is 4.04. The van der Waals surface area contributed by atoms with E-state index < -0.39 is 6.04 Å². The van der Waals surface area contributed by atoms with Crippen molar-refractivity contribution in [3.63, 3.8) is 0 Å². The van der Waals surface area contributed by atoms with Crippen molar-refractivity contribution in [2.24, 2.45) is 0 Å². The molecule has 6 heteroatoms. The summed E-state index contributed by atoms with van der Waals surface area (Å²) in [7, 11) is 0. The molecule has 4 aromatic rings. The molecular weight excluding hydrogens is 412 g/mol. The smallest absolute Gasteiger partial charge is 0.296 e. The van der Waals surface area contributed by atoms with Gasteiger partial charge in [0.25, 0.3) is 5.91 Å². The van der Waals surface area contributed by atoms with Gasteiger partial charge in [-0.15, -0.1) is 0 Å². The summed E-state index contributed by atoms with van der Waals surface area (Å²) in [6.07, 6.45) is 0. The average Bonchev–Trinajstić information content (AvgIpc) is 3.03. The van der Waals surface area contributed by atoms with Gasteiger partial charge in [0.1, 0.15) is 11.4 Å². The van der Waals surface area contributed by atoms with Crippen LogP contribution in [0.2, 0.25) is 5.02 Å². The van der Waals surface area contributed by atoms with Gasteiger partial charge in [-0.05, 0) is 73.9 Å². The van der Waals surface area contributed by atoms with Gasteiger partial charge in [-0.3, -0.25) is 14.5 Å². The van der Waals surface area contributed by atoms with Crippen molar-refractivity contribution in [3.8, 4) is 0 Å². The van der Waals surface area contributed by atoms with Gasteiger partial charge >= 0.3 is 0 Å². The van der Waals surface area contributed by atoms with E-state index in [-0.39, 0.29) is 17.1 Å². The van der Waals surface area contributed by atoms with Crippen molar-refractivity contribution in [2.75, 3.05) is 4.90 Å². The number of aromatic nitrogens is 1. The lowest BCUT2D eigenvalue weighted by Gasteiger charge is -2.24. The SMILES string of the molecule is Cc1cccc(N2C(=O)c3oc4cc(C)c(C)cc4c(=O)c3[C@@H]2c2ccc(Cl)cc2)n1. The average molecular weight is 431 g/mol. The van der Waals surface area contributed by atoms with E-state index in [4.69, 9.17) is 16.0 Å². The Bertz CT molecular complexity index is 1420. The van der Waals surface area contributed by atoms with E-state index in [1.54, 1.807) is 18.2 Å². The lowest BCUT2D eigenvalue weighted by molar-refractivity contribution is 0.0970. The predicted molar refractivity (Wildman–Crippen MR) is 121 cm³/mol. The highest BCUT2D eigenvalue weighted by molar-refractivity contribution is 6.30. The maximum Gasteiger partial charge on any atom is 0.296 e. The fourth-order valence-electron chi connectivity index (χ4n) is 4.09. The number of nitrogens with zero attached hydrogens (tertiary/aromatic N) is 2. The monoisotopic (exact) mass is 430 g/mol. The van der Waals surface area contributed by atoms with Crippen LogP contribution < -0.4 is 10.3 Å². The molecule has 0 unspecified atom stereocenters. The molecule has 2 aromatic carbocycles. The molecule has 0 saturated carbocycles. The fraction of sp³-hybridized carbons (Fsp3) is 0.160. The van der Waals surface area contributed by atoms with Gasteiger partial charge in [-0.25, -0.2) is 4.98 Å². The molecule has 1 aliphatic heterocycles. The Morgan fingerprint density at radius 3 is 2.39 bits per heavy atom. The summed E-state index contributed by atoms with van der Waals surface area (Å²) < 4.78 is 6.05. The molecule has 3 heterocycles. The summed E-state index contributed by atoms with van der Waals surface area (Å²) in [4.78, 5) is 33.2. The Labute approximate surface area is 183 Å². The number of hydrogen-bond donors (Lipinski definition) is 0. The molecule has 0 spiro atoms. The molecule has 0 radical (unpaired) electrons. The molecule has 1 aliphatic rings. The first-order valence-electron chi connectivity index (χ1n) is 9.96. The largest absolute Gasteiger partial charge is 0.450 e. The number of rotatable bonds is 2. The van der Waals surface area contributed by atoms with Gasteiger partial charge in [0.2, 0.25) is 5.76 Å². The third-order valence-corrected chi connectivity index (χ3v) is 6.04. The standard InChI is InChI=1S/C25H19ClN2O3/c1-13-11-18-19(12-14(13)2)31-24-21(23(18)29)22(16-7-9-17(26)10-8-16)28(25(24)30)20-6-4-5-15(3)27-20/h4-12,22H,1-3H3/t22-/m0/s1. The zero-order valence-electron chi connectivity index (χ0n) is 17.3. The van der Waals surface area contributed by atoms with E-state index in [0.29, 0.717) is 27.4 Å². The molecule has 5 rings (SSSR count). The number of halogens is 1. The topological polar surface area (TPSA) is 63.4 Å². The number of carbonyl (C=O) groups is 1. The minimum Gasteiger partial charge on any atom is -0.450 e. The van der Waals surface area contributed by atoms with Crippen LogP contribution in [-0.4, -0.2) is 10.9 Å². The van der Waals surface area contributed by atoms with Crippen molar-refractivity contribution in [3.05, 3.63) is 104 Å². The maximum atomic E-state index is 13.6. The molecule has 0 fully saturated rings. The van der Waals surface area contributed by atoms with Crippen LogP contribution in [0.3, 0.4) is 0 Å². The number of amides is 1. The van der Waals surface area contributed by atoms with Crippen LogP contribution in [0, 0.1) is 20.8 Å². The molecule has 0 N–H and O–H groups in total. The van der Waals surface area contributed by atoms with Gasteiger partial charge in [0.15, 0.2) is 5.43 Å². The quantitative estimate of drug-likeness (QED) is 0.420. The second kappa shape index (κ2) is 7.06. The summed E-state index contributed by atoms with van der Waals surface area (Å²) in [6, 6.07) is 15.6. The fourth-order valence-corrected chi connectivity index (χ4v) is 4.21. The minimum absolute atomic E-state index is 0.0593. The maximum absolute atomic E-state index is 13.6. The molecule has 0 bridgehead atoms. The summed E-state index contributed by atoms with van der Waals surface area (Å²) in [5, 5.41) is 1.04. The number of fused-ring (bicyclic) bond motifs is 2. The van der Waals surface area contributed by atoms with E-state index in [2.05, 4.69) is 4.98 Å². The highest BCUT2D eigenvalue weighted by Gasteiger charge is 2.44. The van der Waals surface area contributed by atoms with Crippen LogP contribution in [0.1, 0.15) is 44.5 Å². The molecule has 5 nitrogen and oxygen atoms in total. The van der Waals surface area contributed by atoms with E-state index in [1.807, 2.05) is 57.2 Å². The van der Waals surface area contributed by atoms with E-state index in [0.717, 1.165) is 22.4 Å². The highest BCUT2D eigenvalue weighted by Crippen LogP contribution is 2.41. The zero-order chi connectivity index (χ0) is 21.9. The van der Waals surface area contributed by atoms with Gasteiger partial charge < -0.3 is 4.42 Å². The van der Waals surface area contributed by atoms with Crippen LogP contribution in [0.5, 0.6) is 0 Å². The minimum atomic E-state index is -0.656. The Morgan fingerprint density at radius 1 is 0.968 bits per heavy atom. The Balaban J connectivity index is 1.83. The number of aryl methyl sites for hydroxylation is 3. The summed E-state index contributed by atoms with van der Waals surface area (Å²) in [6.45, 7) is 5.76. The number of pyridine rings is 1. The number of hydrogen-bond acceptors (Lipinski definition) is 4. The van der Waals surface area contributed by atoms with Gasteiger partial charge in [-0.2, -0.15) is 0 Å². The van der Waals surface area contributed by atoms with E-state index in [1.165, 1.54) is 4.90 Å². The highest BCUT2D eigenvalue weighted by atomic mass is 35.5. The first-order chi connectivity index (χ1) is 14.8. The van der Waals surface area contributed by atoms with Crippen LogP contribution in [0.25, 0.3) is 11.0 Å². The Morgan fingerprint density at radius 2 is 1.68 bits per heavy atom. The third-order valence-electron chi connectivity index (χ3n) is 5.79.